The second kappa shape index (κ2) is 7.49. The zero-order valence-corrected chi connectivity index (χ0v) is 19.9. The summed E-state index contributed by atoms with van der Waals surface area (Å²) in [7, 11) is 1.71. The molecule has 4 heteroatoms. The number of hydrogen-bond acceptors (Lipinski definition) is 2. The lowest BCUT2D eigenvalue weighted by atomic mass is 9.88. The van der Waals surface area contributed by atoms with Gasteiger partial charge >= 0.3 is 0 Å². The van der Waals surface area contributed by atoms with E-state index >= 15 is 0 Å². The van der Waals surface area contributed by atoms with Crippen LogP contribution in [0.25, 0.3) is 44.3 Å². The Morgan fingerprint density at radius 1 is 0.706 bits per heavy atom. The summed E-state index contributed by atoms with van der Waals surface area (Å²) in [5.41, 5.74) is 7.00. The van der Waals surface area contributed by atoms with Crippen LogP contribution in [0.15, 0.2) is 91.1 Å². The van der Waals surface area contributed by atoms with Crippen LogP contribution < -0.4 is 4.74 Å². The molecule has 3 aromatic carbocycles. The van der Waals surface area contributed by atoms with Gasteiger partial charge in [0.2, 0.25) is 0 Å². The van der Waals surface area contributed by atoms with Crippen LogP contribution in [-0.4, -0.2) is 21.2 Å². The van der Waals surface area contributed by atoms with Crippen LogP contribution in [-0.2, 0) is 5.41 Å². The molecular weight excluding hydrogens is 418 g/mol. The Balaban J connectivity index is 1.83. The number of benzene rings is 3. The number of aromatic nitrogens is 3. The third-order valence-corrected chi connectivity index (χ3v) is 6.63. The van der Waals surface area contributed by atoms with Gasteiger partial charge in [-0.05, 0) is 53.4 Å². The van der Waals surface area contributed by atoms with Crippen molar-refractivity contribution in [2.75, 3.05) is 7.11 Å². The van der Waals surface area contributed by atoms with Crippen LogP contribution in [0.1, 0.15) is 26.3 Å². The fourth-order valence-electron chi connectivity index (χ4n) is 4.93. The highest BCUT2D eigenvalue weighted by molar-refractivity contribution is 6.20. The molecule has 4 nitrogen and oxygen atoms in total. The maximum atomic E-state index is 5.63. The molecule has 0 amide bonds. The number of ether oxygens (including phenoxy) is 1. The maximum Gasteiger partial charge on any atom is 0.137 e. The molecule has 0 saturated carbocycles. The van der Waals surface area contributed by atoms with Crippen molar-refractivity contribution in [2.45, 2.75) is 26.2 Å². The van der Waals surface area contributed by atoms with Gasteiger partial charge in [0.15, 0.2) is 0 Å². The molecule has 0 bridgehead atoms. The van der Waals surface area contributed by atoms with Gasteiger partial charge < -0.3 is 9.30 Å². The van der Waals surface area contributed by atoms with Gasteiger partial charge in [0.25, 0.3) is 0 Å². The first kappa shape index (κ1) is 20.5. The molecule has 168 valence electrons. The van der Waals surface area contributed by atoms with Crippen LogP contribution in [0.5, 0.6) is 5.75 Å². The average Bonchev–Trinajstić information content (AvgIpc) is 3.36. The monoisotopic (exact) mass is 445 g/mol. The van der Waals surface area contributed by atoms with Crippen molar-refractivity contribution in [2.24, 2.45) is 0 Å². The number of rotatable bonds is 3. The first-order valence-corrected chi connectivity index (χ1v) is 11.6. The maximum absolute atomic E-state index is 5.63. The van der Waals surface area contributed by atoms with Crippen molar-refractivity contribution < 1.29 is 4.74 Å². The second-order valence-corrected chi connectivity index (χ2v) is 9.76. The third kappa shape index (κ3) is 3.02. The molecule has 3 heterocycles. The van der Waals surface area contributed by atoms with E-state index in [0.717, 1.165) is 28.3 Å². The van der Waals surface area contributed by atoms with Crippen molar-refractivity contribution in [3.05, 3.63) is 96.7 Å². The summed E-state index contributed by atoms with van der Waals surface area (Å²) in [6, 6.07) is 29.8. The normalized spacial score (nSPS) is 12.1. The highest BCUT2D eigenvalue weighted by atomic mass is 16.5. The first-order chi connectivity index (χ1) is 16.5. The number of pyridine rings is 1. The molecule has 6 aromatic rings. The Kier molecular flexibility index (Phi) is 4.53. The summed E-state index contributed by atoms with van der Waals surface area (Å²) >= 11 is 0. The molecule has 0 unspecified atom stereocenters. The van der Waals surface area contributed by atoms with Gasteiger partial charge in [-0.3, -0.25) is 4.57 Å². The van der Waals surface area contributed by atoms with Crippen molar-refractivity contribution in [1.82, 2.24) is 14.1 Å². The lowest BCUT2D eigenvalue weighted by molar-refractivity contribution is 0.415. The third-order valence-electron chi connectivity index (χ3n) is 6.63. The summed E-state index contributed by atoms with van der Waals surface area (Å²) in [6.07, 6.45) is 1.92. The molecule has 0 atom stereocenters. The van der Waals surface area contributed by atoms with Gasteiger partial charge in [0.05, 0.1) is 29.2 Å². The topological polar surface area (TPSA) is 32.0 Å². The van der Waals surface area contributed by atoms with Crippen LogP contribution in [0.4, 0.5) is 0 Å². The molecule has 0 spiro atoms. The van der Waals surface area contributed by atoms with E-state index in [1.54, 1.807) is 7.11 Å². The van der Waals surface area contributed by atoms with Gasteiger partial charge in [-0.25, -0.2) is 4.98 Å². The zero-order chi connectivity index (χ0) is 23.4. The molecule has 0 aliphatic heterocycles. The second-order valence-electron chi connectivity index (χ2n) is 9.76. The van der Waals surface area contributed by atoms with Crippen molar-refractivity contribution in [3.8, 4) is 17.3 Å². The largest absolute Gasteiger partial charge is 0.497 e. The Morgan fingerprint density at radius 3 is 2.18 bits per heavy atom. The van der Waals surface area contributed by atoms with Crippen LogP contribution >= 0.6 is 0 Å². The van der Waals surface area contributed by atoms with E-state index in [4.69, 9.17) is 9.72 Å². The minimum Gasteiger partial charge on any atom is -0.497 e. The highest BCUT2D eigenvalue weighted by Gasteiger charge is 2.23. The van der Waals surface area contributed by atoms with Gasteiger partial charge in [-0.1, -0.05) is 57.2 Å². The van der Waals surface area contributed by atoms with E-state index < -0.39 is 0 Å². The Labute approximate surface area is 199 Å². The molecule has 0 aliphatic carbocycles. The summed E-state index contributed by atoms with van der Waals surface area (Å²) in [4.78, 5) is 4.85. The lowest BCUT2D eigenvalue weighted by Crippen LogP contribution is -2.12. The van der Waals surface area contributed by atoms with Gasteiger partial charge in [0, 0.05) is 28.7 Å². The van der Waals surface area contributed by atoms with Crippen molar-refractivity contribution in [1.29, 1.82) is 0 Å². The van der Waals surface area contributed by atoms with E-state index in [9.17, 15) is 0 Å². The van der Waals surface area contributed by atoms with E-state index in [1.165, 1.54) is 27.4 Å². The predicted molar refractivity (Wildman–Crippen MR) is 141 cm³/mol. The van der Waals surface area contributed by atoms with Gasteiger partial charge in [-0.15, -0.1) is 0 Å². The minimum absolute atomic E-state index is 0.0233. The molecule has 34 heavy (non-hydrogen) atoms. The smallest absolute Gasteiger partial charge is 0.137 e. The van der Waals surface area contributed by atoms with E-state index in [-0.39, 0.29) is 5.41 Å². The standard InChI is InChI=1S/C30H27N3O/c1-30(2,3)20-16-17-31-27(18-20)33-26-19-22(34-4)14-15-24(26)28-29(33)23-12-8-9-13-25(23)32(28)21-10-6-5-7-11-21/h5-19H,1-4H3. The summed E-state index contributed by atoms with van der Waals surface area (Å²) in [6.45, 7) is 6.71. The highest BCUT2D eigenvalue weighted by Crippen LogP contribution is 2.41. The van der Waals surface area contributed by atoms with Gasteiger partial charge in [0.1, 0.15) is 11.6 Å². The van der Waals surface area contributed by atoms with E-state index in [2.05, 4.69) is 109 Å². The fourth-order valence-corrected chi connectivity index (χ4v) is 4.93. The van der Waals surface area contributed by atoms with Crippen molar-refractivity contribution in [3.63, 3.8) is 0 Å². The Hall–Kier alpha value is -4.05. The number of para-hydroxylation sites is 2. The average molecular weight is 446 g/mol. The number of nitrogens with zero attached hydrogens (tertiary/aromatic N) is 3. The molecule has 0 saturated heterocycles. The van der Waals surface area contributed by atoms with Crippen LogP contribution in [0.3, 0.4) is 0 Å². The molecule has 6 rings (SSSR count). The quantitative estimate of drug-likeness (QED) is 0.284. The van der Waals surface area contributed by atoms with Crippen LogP contribution in [0, 0.1) is 0 Å². The fraction of sp³-hybridized carbons (Fsp3) is 0.167. The molecule has 0 aliphatic rings. The molecular formula is C30H27N3O. The van der Waals surface area contributed by atoms with Crippen molar-refractivity contribution >= 4 is 32.8 Å². The molecule has 0 radical (unpaired) electrons. The van der Waals surface area contributed by atoms with E-state index in [0.29, 0.717) is 0 Å². The Morgan fingerprint density at radius 2 is 1.41 bits per heavy atom. The van der Waals surface area contributed by atoms with E-state index in [1.807, 2.05) is 12.3 Å². The number of fused-ring (bicyclic) bond motifs is 5. The zero-order valence-electron chi connectivity index (χ0n) is 19.9. The Bertz CT molecular complexity index is 1670. The SMILES string of the molecule is COc1ccc2c(c1)n(-c1cc(C(C)(C)C)ccn1)c1c3ccccc3n(-c3ccccc3)c21. The number of methoxy groups -OCH3 is 1. The summed E-state index contributed by atoms with van der Waals surface area (Å²) in [5, 5.41) is 2.36. The minimum atomic E-state index is 0.0233. The first-order valence-electron chi connectivity index (χ1n) is 11.6. The number of hydrogen-bond donors (Lipinski definition) is 0. The predicted octanol–water partition coefficient (Wildman–Crippen LogP) is 7.43. The summed E-state index contributed by atoms with van der Waals surface area (Å²) in [5.74, 6) is 1.74. The lowest BCUT2D eigenvalue weighted by Gasteiger charge is -2.20. The van der Waals surface area contributed by atoms with Crippen LogP contribution in [0.2, 0.25) is 0 Å². The summed E-state index contributed by atoms with van der Waals surface area (Å²) < 4.78 is 10.3. The molecule has 0 N–H and O–H groups in total. The molecule has 3 aromatic heterocycles. The molecule has 0 fully saturated rings. The van der Waals surface area contributed by atoms with Gasteiger partial charge in [-0.2, -0.15) is 0 Å².